The van der Waals surface area contributed by atoms with E-state index in [0.29, 0.717) is 25.0 Å². The summed E-state index contributed by atoms with van der Waals surface area (Å²) >= 11 is 1.04. The zero-order chi connectivity index (χ0) is 45.6. The maximum atomic E-state index is 12.7. The summed E-state index contributed by atoms with van der Waals surface area (Å²) in [6.45, 7) is 0.369. The minimum atomic E-state index is -5.59. The first-order valence-electron chi connectivity index (χ1n) is 18.0. The van der Waals surface area contributed by atoms with Gasteiger partial charge in [-0.1, -0.05) is 43.8 Å². The average Bonchev–Trinajstić information content (AvgIpc) is 3.72. The molecule has 2 aromatic heterocycles. The number of hydrogen-bond donors (Lipinski definition) is 10. The number of aliphatic hydroxyl groups excluding tert-OH is 2. The fraction of sp³-hybridized carbons (Fsp3) is 0.581. The van der Waals surface area contributed by atoms with Crippen LogP contribution < -0.4 is 16.4 Å². The molecule has 1 fully saturated rings. The van der Waals surface area contributed by atoms with Crippen molar-refractivity contribution in [2.75, 3.05) is 37.8 Å². The predicted molar refractivity (Wildman–Crippen MR) is 211 cm³/mol. The molecule has 26 nitrogen and oxygen atoms in total. The molecular weight excluding hydrogens is 899 g/mol. The van der Waals surface area contributed by atoms with Crippen molar-refractivity contribution in [3.8, 4) is 0 Å². The normalized spacial score (nSPS) is 21.0. The van der Waals surface area contributed by atoms with Gasteiger partial charge in [0.05, 0.1) is 19.5 Å². The summed E-state index contributed by atoms with van der Waals surface area (Å²) in [5.41, 5.74) is 4.23. The fourth-order valence-corrected chi connectivity index (χ4v) is 8.70. The molecule has 0 aliphatic carbocycles. The van der Waals surface area contributed by atoms with E-state index in [2.05, 4.69) is 34.4 Å². The number of allylic oxidation sites excluding steroid dienone is 3. The van der Waals surface area contributed by atoms with Crippen LogP contribution in [-0.2, 0) is 55.5 Å². The van der Waals surface area contributed by atoms with Crippen LogP contribution in [0.5, 0.6) is 0 Å². The van der Waals surface area contributed by atoms with Gasteiger partial charge in [0.1, 0.15) is 36.3 Å². The molecule has 11 N–H and O–H groups in total. The molecule has 1 aliphatic heterocycles. The Balaban J connectivity index is 1.40. The lowest BCUT2D eigenvalue weighted by atomic mass is 9.87. The van der Waals surface area contributed by atoms with Gasteiger partial charge in [-0.25, -0.2) is 33.4 Å². The summed E-state index contributed by atoms with van der Waals surface area (Å²) in [5, 5.41) is 34.8. The zero-order valence-corrected chi connectivity index (χ0v) is 36.1. The van der Waals surface area contributed by atoms with Crippen LogP contribution in [0.1, 0.15) is 52.2 Å². The second-order valence-electron chi connectivity index (χ2n) is 13.6. The number of rotatable bonds is 26. The van der Waals surface area contributed by atoms with Crippen molar-refractivity contribution in [3.05, 3.63) is 37.0 Å². The van der Waals surface area contributed by atoms with E-state index in [1.807, 2.05) is 12.2 Å². The number of fused-ring (bicyclic) bond motifs is 1. The first-order valence-corrected chi connectivity index (χ1v) is 23.5. The van der Waals surface area contributed by atoms with Crippen molar-refractivity contribution < 1.29 is 90.4 Å². The van der Waals surface area contributed by atoms with E-state index < -0.39 is 90.5 Å². The van der Waals surface area contributed by atoms with Gasteiger partial charge in [-0.2, -0.15) is 4.31 Å². The number of anilines is 1. The molecule has 3 heterocycles. The number of nitrogens with two attached hydrogens (primary N) is 1. The van der Waals surface area contributed by atoms with Crippen molar-refractivity contribution in [1.82, 2.24) is 30.2 Å². The smallest absolute Gasteiger partial charge is 0.478 e. The van der Waals surface area contributed by atoms with E-state index in [1.165, 1.54) is 19.9 Å². The third-order valence-electron chi connectivity index (χ3n) is 8.21. The molecular formula is C31H48N7O19P3S. The molecule has 30 heteroatoms. The van der Waals surface area contributed by atoms with Crippen molar-refractivity contribution in [2.24, 2.45) is 5.41 Å². The lowest BCUT2D eigenvalue weighted by Crippen LogP contribution is -2.46. The summed E-state index contributed by atoms with van der Waals surface area (Å²) in [5.74, 6) is -2.23. The summed E-state index contributed by atoms with van der Waals surface area (Å²) in [6, 6.07) is 0. The van der Waals surface area contributed by atoms with Crippen molar-refractivity contribution in [2.45, 2.75) is 76.6 Å². The topological polar surface area (TPSA) is 401 Å². The number of carboxylic acids is 1. The quantitative estimate of drug-likeness (QED) is 0.0264. The van der Waals surface area contributed by atoms with Gasteiger partial charge in [0.15, 0.2) is 22.8 Å². The van der Waals surface area contributed by atoms with E-state index in [4.69, 9.17) is 24.6 Å². The van der Waals surface area contributed by atoms with Crippen molar-refractivity contribution in [1.29, 1.82) is 0 Å². The van der Waals surface area contributed by atoms with E-state index in [1.54, 1.807) is 0 Å². The van der Waals surface area contributed by atoms with Crippen LogP contribution in [0.3, 0.4) is 0 Å². The first-order chi connectivity index (χ1) is 28.4. The number of nitrogen functional groups attached to an aromatic ring is 1. The van der Waals surface area contributed by atoms with Crippen molar-refractivity contribution in [3.63, 3.8) is 0 Å². The van der Waals surface area contributed by atoms with Gasteiger partial charge in [0, 0.05) is 43.2 Å². The van der Waals surface area contributed by atoms with Crippen molar-refractivity contribution >= 4 is 75.1 Å². The molecule has 0 aromatic carbocycles. The minimum absolute atomic E-state index is 0.0225. The van der Waals surface area contributed by atoms with Gasteiger partial charge < -0.3 is 56.0 Å². The van der Waals surface area contributed by atoms with Crippen LogP contribution in [-0.4, -0.2) is 134 Å². The van der Waals surface area contributed by atoms with E-state index in [9.17, 15) is 62.7 Å². The van der Waals surface area contributed by atoms with Crippen LogP contribution in [0.4, 0.5) is 5.82 Å². The SMILES string of the molecule is CC(C)(COP(=O)(O)OP(=O)(O)OCC1OC(n2cnc3c(N)ncnc32)C(O)C1OP(=O)(O)O)C(O)C(=O)NCCC(=O)NCCSC(=O)CC/C=C/CC/C=C/C(=O)O. The number of hydrogen-bond acceptors (Lipinski definition) is 19. The molecule has 7 atom stereocenters. The molecule has 61 heavy (non-hydrogen) atoms. The Morgan fingerprint density at radius 2 is 1.66 bits per heavy atom. The van der Waals surface area contributed by atoms with E-state index in [0.717, 1.165) is 35.1 Å². The number of phosphoric ester groups is 3. The second kappa shape index (κ2) is 23.3. The zero-order valence-electron chi connectivity index (χ0n) is 32.6. The summed E-state index contributed by atoms with van der Waals surface area (Å²) in [4.78, 5) is 98.1. The van der Waals surface area contributed by atoms with Gasteiger partial charge in [-0.05, 0) is 19.3 Å². The first kappa shape index (κ1) is 51.9. The number of aromatic nitrogens is 4. The second-order valence-corrected chi connectivity index (χ2v) is 19.0. The summed E-state index contributed by atoms with van der Waals surface area (Å²) in [6.07, 6.45) is 1.25. The summed E-state index contributed by atoms with van der Waals surface area (Å²) in [7, 11) is -16.4. The number of aliphatic hydroxyl groups is 2. The third kappa shape index (κ3) is 17.7. The average molecular weight is 948 g/mol. The highest BCUT2D eigenvalue weighted by atomic mass is 32.2. The van der Waals surface area contributed by atoms with Crippen LogP contribution in [0.15, 0.2) is 37.0 Å². The highest BCUT2D eigenvalue weighted by Crippen LogP contribution is 2.61. The molecule has 0 bridgehead atoms. The Morgan fingerprint density at radius 1 is 0.984 bits per heavy atom. The number of unbranched alkanes of at least 4 members (excludes halogenated alkanes) is 1. The number of nitrogens with zero attached hydrogens (tertiary/aromatic N) is 4. The Morgan fingerprint density at radius 3 is 2.34 bits per heavy atom. The molecule has 1 aliphatic rings. The fourth-order valence-electron chi connectivity index (χ4n) is 5.18. The monoisotopic (exact) mass is 947 g/mol. The maximum Gasteiger partial charge on any atom is 0.481 e. The molecule has 342 valence electrons. The Hall–Kier alpha value is -3.49. The number of nitrogens with one attached hydrogen (secondary N) is 2. The van der Waals surface area contributed by atoms with Crippen LogP contribution in [0, 0.1) is 5.41 Å². The predicted octanol–water partition coefficient (Wildman–Crippen LogP) is 0.422. The highest BCUT2D eigenvalue weighted by molar-refractivity contribution is 8.13. The van der Waals surface area contributed by atoms with E-state index >= 15 is 0 Å². The summed E-state index contributed by atoms with van der Waals surface area (Å²) < 4.78 is 62.1. The van der Waals surface area contributed by atoms with Gasteiger partial charge in [0.2, 0.25) is 11.8 Å². The van der Waals surface area contributed by atoms with Gasteiger partial charge in [-0.3, -0.25) is 32.5 Å². The van der Waals surface area contributed by atoms with E-state index in [-0.39, 0.29) is 48.0 Å². The number of amides is 2. The van der Waals surface area contributed by atoms with Crippen LogP contribution in [0.25, 0.3) is 11.2 Å². The Labute approximate surface area is 351 Å². The number of aliphatic carboxylic acids is 1. The third-order valence-corrected chi connectivity index (χ3v) is 12.2. The van der Waals surface area contributed by atoms with Gasteiger partial charge >= 0.3 is 29.4 Å². The number of phosphoric acid groups is 3. The molecule has 7 unspecified atom stereocenters. The van der Waals surface area contributed by atoms with Gasteiger partial charge in [0.25, 0.3) is 0 Å². The molecule has 0 spiro atoms. The lowest BCUT2D eigenvalue weighted by molar-refractivity contribution is -0.137. The molecule has 0 radical (unpaired) electrons. The number of carbonyl (C=O) groups is 4. The minimum Gasteiger partial charge on any atom is -0.478 e. The molecule has 2 aromatic rings. The molecule has 0 saturated carbocycles. The Kier molecular flexibility index (Phi) is 19.8. The molecule has 3 rings (SSSR count). The standard InChI is InChI=1S/C31H48N7O19P3S/c1-31(2,26(44)29(45)34-12-11-20(39)33-13-14-61-22(42)10-8-6-4-3-5-7-9-21(40)41)16-54-60(51,52)57-59(49,50)53-15-19-25(56-58(46,47)48)24(43)30(55-19)38-18-37-23-27(32)35-17-36-28(23)38/h4,6-7,9,17-19,24-26,30,43-44H,3,5,8,10-16H2,1-2H3,(H,33,39)(H,34,45)(H,40,41)(H,49,50)(H,51,52)(H2,32,35,36)(H2,46,47,48)/b6-4+,9-7+. The molecule has 2 amide bonds. The van der Waals surface area contributed by atoms with Crippen LogP contribution >= 0.6 is 35.2 Å². The number of imidazole rings is 1. The Bertz CT molecular complexity index is 2050. The van der Waals surface area contributed by atoms with Crippen LogP contribution in [0.2, 0.25) is 0 Å². The number of thioether (sulfide) groups is 1. The highest BCUT2D eigenvalue weighted by Gasteiger charge is 2.50. The lowest BCUT2D eigenvalue weighted by Gasteiger charge is -2.30. The number of ether oxygens (including phenoxy) is 1. The van der Waals surface area contributed by atoms with Gasteiger partial charge in [-0.15, -0.1) is 0 Å². The largest absolute Gasteiger partial charge is 0.481 e. The number of carbonyl (C=O) groups excluding carboxylic acids is 3. The molecule has 1 saturated heterocycles. The maximum absolute atomic E-state index is 12.7. The number of carboxylic acid groups (broad SMARTS) is 1.